The number of amides is 1. The van der Waals surface area contributed by atoms with Gasteiger partial charge in [-0.15, -0.1) is 5.10 Å². The van der Waals surface area contributed by atoms with Gasteiger partial charge in [0, 0.05) is 23.9 Å². The molecular weight excluding hydrogens is 478 g/mol. The summed E-state index contributed by atoms with van der Waals surface area (Å²) in [6.07, 6.45) is 3.39. The van der Waals surface area contributed by atoms with Gasteiger partial charge in [0.05, 0.1) is 16.6 Å². The van der Waals surface area contributed by atoms with E-state index in [0.717, 1.165) is 12.8 Å². The topological polar surface area (TPSA) is 99.5 Å². The minimum Gasteiger partial charge on any atom is -0.396 e. The third-order valence-corrected chi connectivity index (χ3v) is 6.41. The first-order valence-corrected chi connectivity index (χ1v) is 11.5. The van der Waals surface area contributed by atoms with Gasteiger partial charge < -0.3 is 15.4 Å². The molecular formula is C25H21ClF2N4O3. The molecule has 4 aromatic rings. The SMILES string of the molecule is O=C(NC(CCO)c1ccc(F)cc1)c1cn2nc(-c3ccc(Cl)c(F)c3)[nH]c(=O)c2c1C1CC1. The maximum Gasteiger partial charge on any atom is 0.275 e. The molecule has 0 spiro atoms. The van der Waals surface area contributed by atoms with Gasteiger partial charge in [-0.1, -0.05) is 23.7 Å². The molecule has 7 nitrogen and oxygen atoms in total. The van der Waals surface area contributed by atoms with Crippen LogP contribution in [-0.2, 0) is 0 Å². The van der Waals surface area contributed by atoms with Gasteiger partial charge in [0.15, 0.2) is 5.82 Å². The smallest absolute Gasteiger partial charge is 0.275 e. The number of rotatable bonds is 7. The molecule has 0 saturated heterocycles. The average molecular weight is 499 g/mol. The molecule has 1 amide bonds. The van der Waals surface area contributed by atoms with E-state index in [-0.39, 0.29) is 35.3 Å². The van der Waals surface area contributed by atoms with Gasteiger partial charge in [0.25, 0.3) is 11.5 Å². The number of H-pyrrole nitrogens is 1. The Morgan fingerprint density at radius 3 is 2.63 bits per heavy atom. The van der Waals surface area contributed by atoms with Crippen LogP contribution in [0.4, 0.5) is 8.78 Å². The van der Waals surface area contributed by atoms with Crippen LogP contribution < -0.4 is 10.9 Å². The fourth-order valence-corrected chi connectivity index (χ4v) is 4.35. The minimum absolute atomic E-state index is 0.0459. The number of carbonyl (C=O) groups is 1. The van der Waals surface area contributed by atoms with Crippen LogP contribution in [0.5, 0.6) is 0 Å². The lowest BCUT2D eigenvalue weighted by molar-refractivity contribution is 0.0929. The lowest BCUT2D eigenvalue weighted by Crippen LogP contribution is -2.29. The standard InChI is InChI=1S/C25H21ClF2N4O3/c26-18-8-5-15(11-19(18)28)23-30-25(35)22-21(14-1-2-14)17(12-32(22)31-23)24(34)29-20(9-10-33)13-3-6-16(27)7-4-13/h3-8,11-12,14,20,33H,1-2,9-10H2,(H,29,34)(H,30,31,35). The number of fused-ring (bicyclic) bond motifs is 1. The molecule has 1 atom stereocenters. The number of nitrogens with zero attached hydrogens (tertiary/aromatic N) is 2. The van der Waals surface area contributed by atoms with Crippen molar-refractivity contribution in [2.45, 2.75) is 31.2 Å². The van der Waals surface area contributed by atoms with E-state index in [4.69, 9.17) is 11.6 Å². The fraction of sp³-hybridized carbons (Fsp3) is 0.240. The zero-order chi connectivity index (χ0) is 24.7. The van der Waals surface area contributed by atoms with Crippen molar-refractivity contribution in [1.29, 1.82) is 0 Å². The number of hydrogen-bond donors (Lipinski definition) is 3. The first kappa shape index (κ1) is 23.2. The average Bonchev–Trinajstić information content (AvgIpc) is 3.60. The Balaban J connectivity index is 1.55. The number of aromatic nitrogens is 3. The van der Waals surface area contributed by atoms with Crippen LogP contribution in [0.1, 0.15) is 52.7 Å². The van der Waals surface area contributed by atoms with Crippen LogP contribution in [-0.4, -0.2) is 32.2 Å². The molecule has 1 aliphatic carbocycles. The van der Waals surface area contributed by atoms with Crippen LogP contribution in [0.2, 0.25) is 5.02 Å². The summed E-state index contributed by atoms with van der Waals surface area (Å²) in [6.45, 7) is -0.183. The zero-order valence-electron chi connectivity index (χ0n) is 18.4. The monoisotopic (exact) mass is 498 g/mol. The number of hydrogen-bond acceptors (Lipinski definition) is 4. The third-order valence-electron chi connectivity index (χ3n) is 6.10. The summed E-state index contributed by atoms with van der Waals surface area (Å²) >= 11 is 5.76. The van der Waals surface area contributed by atoms with Gasteiger partial charge in [-0.2, -0.15) is 0 Å². The zero-order valence-corrected chi connectivity index (χ0v) is 19.1. The highest BCUT2D eigenvalue weighted by Gasteiger charge is 2.34. The van der Waals surface area contributed by atoms with Crippen LogP contribution in [0.3, 0.4) is 0 Å². The summed E-state index contributed by atoms with van der Waals surface area (Å²) < 4.78 is 28.7. The second-order valence-electron chi connectivity index (χ2n) is 8.55. The predicted octanol–water partition coefficient (Wildman–Crippen LogP) is 4.35. The highest BCUT2D eigenvalue weighted by atomic mass is 35.5. The Labute approximate surface area is 203 Å². The molecule has 10 heteroatoms. The van der Waals surface area contributed by atoms with Crippen LogP contribution in [0.15, 0.2) is 53.5 Å². The van der Waals surface area contributed by atoms with Gasteiger partial charge in [-0.3, -0.25) is 9.59 Å². The Bertz CT molecular complexity index is 1480. The molecule has 2 heterocycles. The van der Waals surface area contributed by atoms with Crippen molar-refractivity contribution >= 4 is 23.0 Å². The second kappa shape index (κ2) is 9.24. The second-order valence-corrected chi connectivity index (χ2v) is 8.95. The molecule has 2 aromatic heterocycles. The number of aliphatic hydroxyl groups is 1. The number of halogens is 3. The van der Waals surface area contributed by atoms with Gasteiger partial charge in [0.1, 0.15) is 17.2 Å². The van der Waals surface area contributed by atoms with E-state index in [1.165, 1.54) is 41.0 Å². The molecule has 5 rings (SSSR count). The van der Waals surface area contributed by atoms with E-state index < -0.39 is 29.1 Å². The molecule has 3 N–H and O–H groups in total. The van der Waals surface area contributed by atoms with Crippen LogP contribution in [0, 0.1) is 11.6 Å². The van der Waals surface area contributed by atoms with Crippen molar-refractivity contribution in [1.82, 2.24) is 19.9 Å². The van der Waals surface area contributed by atoms with E-state index in [1.807, 2.05) is 0 Å². The Hall–Kier alpha value is -3.56. The van der Waals surface area contributed by atoms with Crippen LogP contribution in [0.25, 0.3) is 16.9 Å². The molecule has 0 bridgehead atoms. The van der Waals surface area contributed by atoms with Crippen molar-refractivity contribution < 1.29 is 18.7 Å². The number of aromatic amines is 1. The van der Waals surface area contributed by atoms with Gasteiger partial charge >= 0.3 is 0 Å². The predicted molar refractivity (Wildman–Crippen MR) is 127 cm³/mol. The summed E-state index contributed by atoms with van der Waals surface area (Å²) in [7, 11) is 0. The molecule has 1 aliphatic rings. The molecule has 1 saturated carbocycles. The van der Waals surface area contributed by atoms with Gasteiger partial charge in [-0.05, 0) is 61.1 Å². The fourth-order valence-electron chi connectivity index (χ4n) is 4.23. The lowest BCUT2D eigenvalue weighted by atomic mass is 10.0. The molecule has 2 aromatic carbocycles. The van der Waals surface area contributed by atoms with Crippen molar-refractivity contribution in [3.8, 4) is 11.4 Å². The van der Waals surface area contributed by atoms with Crippen LogP contribution >= 0.6 is 11.6 Å². The summed E-state index contributed by atoms with van der Waals surface area (Å²) in [6, 6.07) is 9.22. The molecule has 1 unspecified atom stereocenters. The number of benzene rings is 2. The molecule has 0 radical (unpaired) electrons. The number of nitrogens with one attached hydrogen (secondary N) is 2. The largest absolute Gasteiger partial charge is 0.396 e. The first-order chi connectivity index (χ1) is 16.9. The molecule has 180 valence electrons. The quantitative estimate of drug-likeness (QED) is 0.352. The maximum atomic E-state index is 14.0. The van der Waals surface area contributed by atoms with Crippen molar-refractivity contribution in [2.75, 3.05) is 6.61 Å². The summed E-state index contributed by atoms with van der Waals surface area (Å²) in [4.78, 5) is 29.1. The van der Waals surface area contributed by atoms with Crippen molar-refractivity contribution in [2.24, 2.45) is 0 Å². The summed E-state index contributed by atoms with van der Waals surface area (Å²) in [5.74, 6) is -1.30. The minimum atomic E-state index is -0.645. The van der Waals surface area contributed by atoms with Gasteiger partial charge in [-0.25, -0.2) is 13.3 Å². The molecule has 35 heavy (non-hydrogen) atoms. The van der Waals surface area contributed by atoms with Gasteiger partial charge in [0.2, 0.25) is 0 Å². The Morgan fingerprint density at radius 1 is 1.23 bits per heavy atom. The van der Waals surface area contributed by atoms with Crippen molar-refractivity contribution in [3.05, 3.63) is 92.4 Å². The lowest BCUT2D eigenvalue weighted by Gasteiger charge is -2.18. The van der Waals surface area contributed by atoms with E-state index in [2.05, 4.69) is 15.4 Å². The number of carbonyl (C=O) groups excluding carboxylic acids is 1. The van der Waals surface area contributed by atoms with E-state index in [0.29, 0.717) is 22.3 Å². The Kier molecular flexibility index (Phi) is 6.12. The van der Waals surface area contributed by atoms with Crippen molar-refractivity contribution in [3.63, 3.8) is 0 Å². The Morgan fingerprint density at radius 2 is 1.97 bits per heavy atom. The molecule has 1 fully saturated rings. The summed E-state index contributed by atoms with van der Waals surface area (Å²) in [5, 5.41) is 16.8. The molecule has 0 aliphatic heterocycles. The normalized spacial score (nSPS) is 14.3. The first-order valence-electron chi connectivity index (χ1n) is 11.1. The van der Waals surface area contributed by atoms with E-state index in [1.54, 1.807) is 12.1 Å². The van der Waals surface area contributed by atoms with E-state index >= 15 is 0 Å². The third kappa shape index (κ3) is 4.56. The summed E-state index contributed by atoms with van der Waals surface area (Å²) in [5.41, 5.74) is 1.70. The number of aliphatic hydroxyl groups excluding tert-OH is 1. The van der Waals surface area contributed by atoms with E-state index in [9.17, 15) is 23.5 Å². The highest BCUT2D eigenvalue weighted by Crippen LogP contribution is 2.43. The highest BCUT2D eigenvalue weighted by molar-refractivity contribution is 6.30. The maximum absolute atomic E-state index is 14.0.